The number of hydrogen-bond acceptors (Lipinski definition) is 3. The minimum atomic E-state index is -0.917. The maximum Gasteiger partial charge on any atom is 0.243 e. The van der Waals surface area contributed by atoms with Gasteiger partial charge in [-0.2, -0.15) is 0 Å². The molecule has 4 N–H and O–H groups in total. The van der Waals surface area contributed by atoms with Gasteiger partial charge in [-0.15, -0.1) is 0 Å². The molecule has 2 aromatic carbocycles. The second kappa shape index (κ2) is 9.64. The lowest BCUT2D eigenvalue weighted by molar-refractivity contribution is -0.130. The summed E-state index contributed by atoms with van der Waals surface area (Å²) in [4.78, 5) is 36.0. The van der Waals surface area contributed by atoms with Crippen LogP contribution in [0.15, 0.2) is 48.5 Å². The molecule has 0 aromatic heterocycles. The van der Waals surface area contributed by atoms with E-state index in [1.807, 2.05) is 31.2 Å². The Bertz CT molecular complexity index is 835. The highest BCUT2D eigenvalue weighted by atomic mass is 19.1. The monoisotopic (exact) mass is 385 g/mol. The zero-order chi connectivity index (χ0) is 20.7. The zero-order valence-corrected chi connectivity index (χ0v) is 15.9. The molecule has 0 fully saturated rings. The van der Waals surface area contributed by atoms with Crippen LogP contribution in [0.5, 0.6) is 0 Å². The molecule has 7 heteroatoms. The summed E-state index contributed by atoms with van der Waals surface area (Å²) >= 11 is 0. The summed E-state index contributed by atoms with van der Waals surface area (Å²) in [6.07, 6.45) is 0.395. The summed E-state index contributed by atoms with van der Waals surface area (Å²) in [7, 11) is 0. The fourth-order valence-corrected chi connectivity index (χ4v) is 2.77. The van der Waals surface area contributed by atoms with E-state index in [1.165, 1.54) is 31.2 Å². The van der Waals surface area contributed by atoms with Crippen LogP contribution < -0.4 is 16.4 Å². The van der Waals surface area contributed by atoms with Crippen molar-refractivity contribution in [1.82, 2.24) is 10.6 Å². The summed E-state index contributed by atoms with van der Waals surface area (Å²) in [6, 6.07) is 11.3. The normalized spacial score (nSPS) is 12.7. The number of halogens is 1. The molecule has 0 aliphatic heterocycles. The number of nitrogens with two attached hydrogens (primary N) is 1. The van der Waals surface area contributed by atoms with Crippen molar-refractivity contribution < 1.29 is 18.8 Å². The lowest BCUT2D eigenvalue weighted by Crippen LogP contribution is -2.54. The highest BCUT2D eigenvalue weighted by Gasteiger charge is 2.25. The van der Waals surface area contributed by atoms with Gasteiger partial charge in [-0.05, 0) is 30.2 Å². The number of carbonyl (C=O) groups is 3. The average molecular weight is 385 g/mol. The van der Waals surface area contributed by atoms with Gasteiger partial charge in [0.25, 0.3) is 0 Å². The van der Waals surface area contributed by atoms with E-state index in [9.17, 15) is 18.8 Å². The van der Waals surface area contributed by atoms with Crippen molar-refractivity contribution in [1.29, 1.82) is 0 Å². The Kier molecular flexibility index (Phi) is 7.26. The van der Waals surface area contributed by atoms with Crippen LogP contribution in [-0.4, -0.2) is 29.8 Å². The second-order valence-corrected chi connectivity index (χ2v) is 6.74. The van der Waals surface area contributed by atoms with Crippen molar-refractivity contribution in [2.45, 2.75) is 38.8 Å². The molecule has 0 saturated carbocycles. The Balaban J connectivity index is 2.11. The molecule has 0 aliphatic rings. The number of amides is 3. The minimum Gasteiger partial charge on any atom is -0.368 e. The van der Waals surface area contributed by atoms with E-state index in [-0.39, 0.29) is 12.8 Å². The fourth-order valence-electron chi connectivity index (χ4n) is 2.77. The molecule has 0 radical (unpaired) electrons. The SMILES string of the molecule is CC(=O)N[C@H](Cc1ccc(F)cc1)C(=O)N[C@@H](Cc1ccc(C)cc1)C(N)=O. The van der Waals surface area contributed by atoms with Gasteiger partial charge in [-0.1, -0.05) is 42.0 Å². The molecular weight excluding hydrogens is 361 g/mol. The van der Waals surface area contributed by atoms with Crippen LogP contribution >= 0.6 is 0 Å². The van der Waals surface area contributed by atoms with Gasteiger partial charge in [0, 0.05) is 19.8 Å². The Labute approximate surface area is 163 Å². The number of carbonyl (C=O) groups excluding carboxylic acids is 3. The van der Waals surface area contributed by atoms with Crippen LogP contribution in [0.1, 0.15) is 23.6 Å². The van der Waals surface area contributed by atoms with E-state index in [0.29, 0.717) is 5.56 Å². The summed E-state index contributed by atoms with van der Waals surface area (Å²) in [6.45, 7) is 3.24. The van der Waals surface area contributed by atoms with Gasteiger partial charge in [0.2, 0.25) is 17.7 Å². The molecule has 2 aromatic rings. The number of aryl methyl sites for hydroxylation is 1. The topological polar surface area (TPSA) is 101 Å². The zero-order valence-electron chi connectivity index (χ0n) is 15.9. The largest absolute Gasteiger partial charge is 0.368 e. The van der Waals surface area contributed by atoms with Gasteiger partial charge in [0.1, 0.15) is 17.9 Å². The molecule has 0 unspecified atom stereocenters. The van der Waals surface area contributed by atoms with Crippen molar-refractivity contribution in [3.63, 3.8) is 0 Å². The van der Waals surface area contributed by atoms with Crippen molar-refractivity contribution in [2.75, 3.05) is 0 Å². The highest BCUT2D eigenvalue weighted by molar-refractivity contribution is 5.91. The Hall–Kier alpha value is -3.22. The number of benzene rings is 2. The molecule has 0 heterocycles. The molecule has 3 amide bonds. The van der Waals surface area contributed by atoms with E-state index >= 15 is 0 Å². The fraction of sp³-hybridized carbons (Fsp3) is 0.286. The van der Waals surface area contributed by atoms with E-state index in [4.69, 9.17) is 5.73 Å². The molecule has 2 atom stereocenters. The third-order valence-corrected chi connectivity index (χ3v) is 4.27. The van der Waals surface area contributed by atoms with Gasteiger partial charge in [0.05, 0.1) is 0 Å². The first-order valence-electron chi connectivity index (χ1n) is 8.91. The molecule has 148 valence electrons. The number of primary amides is 1. The van der Waals surface area contributed by atoms with Crippen molar-refractivity contribution in [3.8, 4) is 0 Å². The number of hydrogen-bond donors (Lipinski definition) is 3. The standard InChI is InChI=1S/C21H24FN3O3/c1-13-3-5-15(6-4-13)11-18(20(23)27)25-21(28)19(24-14(2)26)12-16-7-9-17(22)10-8-16/h3-10,18-19H,11-12H2,1-2H3,(H2,23,27)(H,24,26)(H,25,28)/t18-,19+/m0/s1. The van der Waals surface area contributed by atoms with Crippen LogP contribution in [0.2, 0.25) is 0 Å². The molecule has 28 heavy (non-hydrogen) atoms. The predicted octanol–water partition coefficient (Wildman–Crippen LogP) is 1.39. The van der Waals surface area contributed by atoms with Crippen LogP contribution in [0.25, 0.3) is 0 Å². The van der Waals surface area contributed by atoms with Crippen molar-refractivity contribution in [3.05, 3.63) is 71.0 Å². The first-order valence-corrected chi connectivity index (χ1v) is 8.91. The third-order valence-electron chi connectivity index (χ3n) is 4.27. The van der Waals surface area contributed by atoms with Crippen LogP contribution in [0.4, 0.5) is 4.39 Å². The predicted molar refractivity (Wildman–Crippen MR) is 104 cm³/mol. The van der Waals surface area contributed by atoms with Gasteiger partial charge >= 0.3 is 0 Å². The maximum atomic E-state index is 13.1. The molecule has 0 spiro atoms. The number of rotatable bonds is 8. The van der Waals surface area contributed by atoms with Crippen molar-refractivity contribution >= 4 is 17.7 Å². The summed E-state index contributed by atoms with van der Waals surface area (Å²) < 4.78 is 13.1. The minimum absolute atomic E-state index is 0.154. The number of nitrogens with one attached hydrogen (secondary N) is 2. The Morgan fingerprint density at radius 3 is 1.89 bits per heavy atom. The van der Waals surface area contributed by atoms with Crippen LogP contribution in [0, 0.1) is 12.7 Å². The molecule has 6 nitrogen and oxygen atoms in total. The van der Waals surface area contributed by atoms with E-state index in [0.717, 1.165) is 11.1 Å². The lowest BCUT2D eigenvalue weighted by Gasteiger charge is -2.22. The molecule has 0 bridgehead atoms. The summed E-state index contributed by atoms with van der Waals surface area (Å²) in [5.41, 5.74) is 8.05. The smallest absolute Gasteiger partial charge is 0.243 e. The van der Waals surface area contributed by atoms with E-state index in [2.05, 4.69) is 10.6 Å². The molecule has 2 rings (SSSR count). The average Bonchev–Trinajstić information content (AvgIpc) is 2.63. The van der Waals surface area contributed by atoms with Crippen LogP contribution in [0.3, 0.4) is 0 Å². The van der Waals surface area contributed by atoms with Gasteiger partial charge in [-0.25, -0.2) is 4.39 Å². The molecule has 0 saturated heterocycles. The first kappa shape index (κ1) is 21.1. The summed E-state index contributed by atoms with van der Waals surface area (Å²) in [5, 5.41) is 5.18. The van der Waals surface area contributed by atoms with Crippen molar-refractivity contribution in [2.24, 2.45) is 5.73 Å². The Morgan fingerprint density at radius 1 is 0.893 bits per heavy atom. The van der Waals surface area contributed by atoms with E-state index in [1.54, 1.807) is 0 Å². The van der Waals surface area contributed by atoms with Gasteiger partial charge < -0.3 is 16.4 Å². The van der Waals surface area contributed by atoms with E-state index < -0.39 is 35.6 Å². The highest BCUT2D eigenvalue weighted by Crippen LogP contribution is 2.09. The summed E-state index contributed by atoms with van der Waals surface area (Å²) in [5.74, 6) is -1.99. The molecule has 0 aliphatic carbocycles. The quantitative estimate of drug-likeness (QED) is 0.640. The van der Waals surface area contributed by atoms with Gasteiger partial charge in [0.15, 0.2) is 0 Å². The first-order chi connectivity index (χ1) is 13.2. The second-order valence-electron chi connectivity index (χ2n) is 6.74. The maximum absolute atomic E-state index is 13.1. The van der Waals surface area contributed by atoms with Crippen LogP contribution in [-0.2, 0) is 27.2 Å². The lowest BCUT2D eigenvalue weighted by atomic mass is 10.0. The Morgan fingerprint density at radius 2 is 1.39 bits per heavy atom. The molecular formula is C21H24FN3O3. The van der Waals surface area contributed by atoms with Gasteiger partial charge in [-0.3, -0.25) is 14.4 Å². The third kappa shape index (κ3) is 6.50.